The van der Waals surface area contributed by atoms with Gasteiger partial charge in [-0.05, 0) is 37.2 Å². The van der Waals surface area contributed by atoms with Gasteiger partial charge in [0.2, 0.25) is 0 Å². The van der Waals surface area contributed by atoms with Crippen molar-refractivity contribution in [3.8, 4) is 0 Å². The first-order chi connectivity index (χ1) is 12.3. The number of nitrogens with zero attached hydrogens (tertiary/aromatic N) is 4. The smallest absolute Gasteiger partial charge is 0.339 e. The van der Waals surface area contributed by atoms with Crippen molar-refractivity contribution in [2.24, 2.45) is 7.05 Å². The summed E-state index contributed by atoms with van der Waals surface area (Å²) in [6.45, 7) is 0.877. The second-order valence-corrected chi connectivity index (χ2v) is 7.36. The molecule has 0 bridgehead atoms. The van der Waals surface area contributed by atoms with Crippen LogP contribution in [-0.2, 0) is 7.05 Å². The molecule has 1 aliphatic rings. The lowest BCUT2D eigenvalue weighted by Gasteiger charge is -2.31. The summed E-state index contributed by atoms with van der Waals surface area (Å²) in [4.78, 5) is 18.0. The summed E-state index contributed by atoms with van der Waals surface area (Å²) < 4.78 is 40.4. The zero-order valence-corrected chi connectivity index (χ0v) is 15.4. The summed E-state index contributed by atoms with van der Waals surface area (Å²) in [5.74, 6) is 0.547. The van der Waals surface area contributed by atoms with Crippen LogP contribution >= 0.6 is 24.0 Å². The standard InChI is InChI=1S/C15H16F3N5OS2/c1-22-11(20-21-14(22)25)9-4-7-23(8-5-9)13(24)10-3-2-6-19-12(10)26-15(16,17)18/h2-3,6,9H,4-5,7-8H2,1H3,(H,21,25). The Bertz CT molecular complexity index is 855. The molecular weight excluding hydrogens is 387 g/mol. The number of carbonyl (C=O) groups excluding carboxylic acids is 1. The Hall–Kier alpha value is -1.88. The predicted molar refractivity (Wildman–Crippen MR) is 92.4 cm³/mol. The van der Waals surface area contributed by atoms with Crippen LogP contribution in [0, 0.1) is 4.77 Å². The van der Waals surface area contributed by atoms with Crippen LogP contribution in [0.2, 0.25) is 0 Å². The Morgan fingerprint density at radius 1 is 1.38 bits per heavy atom. The number of H-pyrrole nitrogens is 1. The fourth-order valence-corrected chi connectivity index (χ4v) is 3.72. The lowest BCUT2D eigenvalue weighted by atomic mass is 9.95. The van der Waals surface area contributed by atoms with Gasteiger partial charge in [0.1, 0.15) is 10.9 Å². The first-order valence-electron chi connectivity index (χ1n) is 7.87. The molecule has 0 aliphatic carbocycles. The highest BCUT2D eigenvalue weighted by Gasteiger charge is 2.34. The third kappa shape index (κ3) is 4.09. The van der Waals surface area contributed by atoms with E-state index in [1.54, 1.807) is 9.47 Å². The molecule has 0 saturated carbocycles. The topological polar surface area (TPSA) is 66.8 Å². The molecule has 1 saturated heterocycles. The van der Waals surface area contributed by atoms with E-state index >= 15 is 0 Å². The Kier molecular flexibility index (Phi) is 5.37. The van der Waals surface area contributed by atoms with Crippen molar-refractivity contribution in [2.75, 3.05) is 13.1 Å². The van der Waals surface area contributed by atoms with Gasteiger partial charge in [-0.2, -0.15) is 18.3 Å². The predicted octanol–water partition coefficient (Wildman–Crippen LogP) is 3.50. The number of amides is 1. The van der Waals surface area contributed by atoms with Crippen LogP contribution in [0.25, 0.3) is 0 Å². The third-order valence-electron chi connectivity index (χ3n) is 4.28. The van der Waals surface area contributed by atoms with Gasteiger partial charge in [0, 0.05) is 44.0 Å². The van der Waals surface area contributed by atoms with Crippen molar-refractivity contribution in [2.45, 2.75) is 29.3 Å². The monoisotopic (exact) mass is 403 g/mol. The molecule has 6 nitrogen and oxygen atoms in total. The molecule has 1 amide bonds. The SMILES string of the molecule is Cn1c(C2CCN(C(=O)c3cccnc3SC(F)(F)F)CC2)n[nH]c1=S. The van der Waals surface area contributed by atoms with E-state index in [0.29, 0.717) is 30.7 Å². The molecule has 26 heavy (non-hydrogen) atoms. The summed E-state index contributed by atoms with van der Waals surface area (Å²) in [6.07, 6.45) is 2.59. The van der Waals surface area contributed by atoms with Gasteiger partial charge in [-0.25, -0.2) is 4.98 Å². The fraction of sp³-hybridized carbons (Fsp3) is 0.467. The van der Waals surface area contributed by atoms with Crippen LogP contribution in [0.5, 0.6) is 0 Å². The van der Waals surface area contributed by atoms with Gasteiger partial charge in [-0.1, -0.05) is 0 Å². The number of halogens is 3. The number of aromatic amines is 1. The second kappa shape index (κ2) is 7.39. The highest BCUT2D eigenvalue weighted by atomic mass is 32.2. The number of thioether (sulfide) groups is 1. The van der Waals surface area contributed by atoms with E-state index in [1.807, 2.05) is 7.05 Å². The highest BCUT2D eigenvalue weighted by Crippen LogP contribution is 2.38. The molecule has 1 N–H and O–H groups in total. The number of aromatic nitrogens is 4. The number of hydrogen-bond acceptors (Lipinski definition) is 5. The molecule has 0 radical (unpaired) electrons. The molecular formula is C15H16F3N5OS2. The van der Waals surface area contributed by atoms with Crippen molar-refractivity contribution < 1.29 is 18.0 Å². The van der Waals surface area contributed by atoms with Gasteiger partial charge in [0.25, 0.3) is 5.91 Å². The number of rotatable bonds is 3. The van der Waals surface area contributed by atoms with Crippen LogP contribution in [0.4, 0.5) is 13.2 Å². The number of piperidine rings is 1. The molecule has 0 atom stereocenters. The first kappa shape index (κ1) is 18.9. The van der Waals surface area contributed by atoms with Crippen LogP contribution < -0.4 is 0 Å². The zero-order valence-electron chi connectivity index (χ0n) is 13.8. The van der Waals surface area contributed by atoms with Gasteiger partial charge < -0.3 is 9.47 Å². The minimum absolute atomic E-state index is 0.0218. The average Bonchev–Trinajstić information content (AvgIpc) is 2.93. The Labute approximate surface area is 156 Å². The van der Waals surface area contributed by atoms with Crippen molar-refractivity contribution in [3.05, 3.63) is 34.5 Å². The molecule has 1 fully saturated rings. The summed E-state index contributed by atoms with van der Waals surface area (Å²) in [7, 11) is 1.83. The van der Waals surface area contributed by atoms with E-state index in [1.165, 1.54) is 18.3 Å². The number of carbonyl (C=O) groups is 1. The number of likely N-dealkylation sites (tertiary alicyclic amines) is 1. The largest absolute Gasteiger partial charge is 0.447 e. The molecule has 1 aliphatic heterocycles. The van der Waals surface area contributed by atoms with E-state index in [0.717, 1.165) is 5.82 Å². The molecule has 0 aromatic carbocycles. The van der Waals surface area contributed by atoms with Crippen LogP contribution in [0.3, 0.4) is 0 Å². The van der Waals surface area contributed by atoms with Crippen molar-refractivity contribution >= 4 is 29.9 Å². The summed E-state index contributed by atoms with van der Waals surface area (Å²) in [6, 6.07) is 2.85. The number of hydrogen-bond donors (Lipinski definition) is 1. The fourth-order valence-electron chi connectivity index (χ4n) is 2.98. The Morgan fingerprint density at radius 2 is 2.08 bits per heavy atom. The zero-order chi connectivity index (χ0) is 18.9. The van der Waals surface area contributed by atoms with E-state index in [-0.39, 0.29) is 28.3 Å². The average molecular weight is 403 g/mol. The normalized spacial score (nSPS) is 16.1. The van der Waals surface area contributed by atoms with Gasteiger partial charge in [0.15, 0.2) is 4.77 Å². The van der Waals surface area contributed by atoms with Gasteiger partial charge in [0.05, 0.1) is 5.56 Å². The van der Waals surface area contributed by atoms with Gasteiger partial charge in [-0.3, -0.25) is 9.89 Å². The van der Waals surface area contributed by atoms with E-state index in [9.17, 15) is 18.0 Å². The van der Waals surface area contributed by atoms with Gasteiger partial charge >= 0.3 is 5.51 Å². The molecule has 3 heterocycles. The molecule has 3 rings (SSSR count). The Morgan fingerprint density at radius 3 is 2.65 bits per heavy atom. The molecule has 140 valence electrons. The lowest BCUT2D eigenvalue weighted by Crippen LogP contribution is -2.38. The van der Waals surface area contributed by atoms with Crippen molar-refractivity contribution in [1.82, 2.24) is 24.6 Å². The van der Waals surface area contributed by atoms with E-state index in [4.69, 9.17) is 12.2 Å². The molecule has 0 unspecified atom stereocenters. The quantitative estimate of drug-likeness (QED) is 0.628. The summed E-state index contributed by atoms with van der Waals surface area (Å²) >= 11 is 4.74. The van der Waals surface area contributed by atoms with E-state index < -0.39 is 11.4 Å². The van der Waals surface area contributed by atoms with Crippen molar-refractivity contribution in [3.63, 3.8) is 0 Å². The molecule has 2 aromatic heterocycles. The summed E-state index contributed by atoms with van der Waals surface area (Å²) in [5.41, 5.74) is -4.51. The van der Waals surface area contributed by atoms with Gasteiger partial charge in [-0.15, -0.1) is 0 Å². The maximum atomic E-state index is 12.7. The maximum Gasteiger partial charge on any atom is 0.447 e. The lowest BCUT2D eigenvalue weighted by molar-refractivity contribution is -0.0329. The first-order valence-corrected chi connectivity index (χ1v) is 9.10. The summed E-state index contributed by atoms with van der Waals surface area (Å²) in [5, 5.41) is 6.65. The molecule has 2 aromatic rings. The van der Waals surface area contributed by atoms with E-state index in [2.05, 4.69) is 15.2 Å². The maximum absolute atomic E-state index is 12.7. The van der Waals surface area contributed by atoms with Crippen LogP contribution in [-0.4, -0.2) is 49.2 Å². The molecule has 0 spiro atoms. The minimum atomic E-state index is -4.49. The number of pyridine rings is 1. The van der Waals surface area contributed by atoms with Crippen LogP contribution in [0.1, 0.15) is 34.9 Å². The van der Waals surface area contributed by atoms with Crippen LogP contribution in [0.15, 0.2) is 23.4 Å². The minimum Gasteiger partial charge on any atom is -0.339 e. The number of alkyl halides is 3. The highest BCUT2D eigenvalue weighted by molar-refractivity contribution is 8.00. The Balaban J connectivity index is 1.71. The second-order valence-electron chi connectivity index (χ2n) is 5.92. The molecule has 11 heteroatoms. The van der Waals surface area contributed by atoms with Crippen molar-refractivity contribution in [1.29, 1.82) is 0 Å². The number of nitrogens with one attached hydrogen (secondary N) is 1. The third-order valence-corrected chi connectivity index (χ3v) is 5.39.